The van der Waals surface area contributed by atoms with Crippen molar-refractivity contribution >= 4 is 0 Å². The maximum Gasteiger partial charge on any atom is 0.416 e. The van der Waals surface area contributed by atoms with Crippen LogP contribution in [0.2, 0.25) is 0 Å². The Bertz CT molecular complexity index is 816. The summed E-state index contributed by atoms with van der Waals surface area (Å²) >= 11 is 0. The Kier molecular flexibility index (Phi) is 3.63. The van der Waals surface area contributed by atoms with Crippen LogP contribution in [0.4, 0.5) is 13.2 Å². The van der Waals surface area contributed by atoms with Gasteiger partial charge in [-0.2, -0.15) is 18.3 Å². The molecule has 0 unspecified atom stereocenters. The van der Waals surface area contributed by atoms with E-state index in [4.69, 9.17) is 0 Å². The molecule has 9 heteroatoms. The summed E-state index contributed by atoms with van der Waals surface area (Å²) in [6, 6.07) is 4.72. The van der Waals surface area contributed by atoms with Crippen LogP contribution < -0.4 is 0 Å². The number of benzene rings is 1. The Morgan fingerprint density at radius 3 is 2.39 bits per heavy atom. The van der Waals surface area contributed by atoms with Gasteiger partial charge in [-0.1, -0.05) is 12.1 Å². The average Bonchev–Trinajstić information content (AvgIpc) is 3.09. The van der Waals surface area contributed by atoms with E-state index in [1.54, 1.807) is 0 Å². The fraction of sp³-hybridized carbons (Fsp3) is 0.286. The third-order valence-electron chi connectivity index (χ3n) is 3.51. The molecular formula is C14H13F3N6. The number of H-pyrrole nitrogens is 1. The van der Waals surface area contributed by atoms with Crippen LogP contribution in [0.25, 0.3) is 11.4 Å². The monoisotopic (exact) mass is 322 g/mol. The van der Waals surface area contributed by atoms with Gasteiger partial charge in [-0.3, -0.25) is 5.10 Å². The van der Waals surface area contributed by atoms with Gasteiger partial charge in [0.05, 0.1) is 12.0 Å². The van der Waals surface area contributed by atoms with E-state index in [-0.39, 0.29) is 0 Å². The van der Waals surface area contributed by atoms with Gasteiger partial charge in [-0.15, -0.1) is 10.2 Å². The maximum atomic E-state index is 12.6. The first-order chi connectivity index (χ1) is 10.8. The molecule has 120 valence electrons. The number of rotatable bonds is 3. The van der Waals surface area contributed by atoms with Crippen LogP contribution in [-0.2, 0) is 19.6 Å². The number of aryl methyl sites for hydroxylation is 1. The third kappa shape index (κ3) is 3.08. The molecule has 0 saturated heterocycles. The second kappa shape index (κ2) is 5.49. The first kappa shape index (κ1) is 15.2. The lowest BCUT2D eigenvalue weighted by molar-refractivity contribution is -0.137. The van der Waals surface area contributed by atoms with Crippen LogP contribution in [0.5, 0.6) is 0 Å². The van der Waals surface area contributed by atoms with E-state index >= 15 is 0 Å². The minimum Gasteiger partial charge on any atom is -0.318 e. The summed E-state index contributed by atoms with van der Waals surface area (Å²) in [4.78, 5) is 4.29. The van der Waals surface area contributed by atoms with E-state index in [2.05, 4.69) is 25.4 Å². The van der Waals surface area contributed by atoms with Crippen molar-refractivity contribution in [2.45, 2.75) is 19.5 Å². The number of hydrogen-bond donors (Lipinski definition) is 1. The summed E-state index contributed by atoms with van der Waals surface area (Å²) in [7, 11) is 1.85. The highest BCUT2D eigenvalue weighted by molar-refractivity contribution is 5.55. The molecule has 0 atom stereocenters. The lowest BCUT2D eigenvalue weighted by atomic mass is 10.1. The quantitative estimate of drug-likeness (QED) is 0.804. The molecule has 0 bridgehead atoms. The Morgan fingerprint density at radius 1 is 1.13 bits per heavy atom. The van der Waals surface area contributed by atoms with Crippen molar-refractivity contribution in [2.75, 3.05) is 0 Å². The molecule has 0 fully saturated rings. The van der Waals surface area contributed by atoms with Gasteiger partial charge in [0.15, 0.2) is 5.82 Å². The first-order valence-electron chi connectivity index (χ1n) is 6.78. The molecule has 0 radical (unpaired) electrons. The van der Waals surface area contributed by atoms with Crippen LogP contribution in [0.3, 0.4) is 0 Å². The second-order valence-electron chi connectivity index (χ2n) is 5.08. The third-order valence-corrected chi connectivity index (χ3v) is 3.51. The number of nitrogens with one attached hydrogen (secondary N) is 1. The van der Waals surface area contributed by atoms with Crippen molar-refractivity contribution in [3.05, 3.63) is 47.3 Å². The molecule has 1 aromatic carbocycles. The van der Waals surface area contributed by atoms with Crippen LogP contribution in [-0.4, -0.2) is 29.9 Å². The van der Waals surface area contributed by atoms with Crippen LogP contribution in [0.15, 0.2) is 24.3 Å². The average molecular weight is 322 g/mol. The molecule has 3 rings (SSSR count). The predicted molar refractivity (Wildman–Crippen MR) is 75.4 cm³/mol. The minimum absolute atomic E-state index is 0.340. The van der Waals surface area contributed by atoms with Crippen molar-refractivity contribution in [1.82, 2.24) is 29.9 Å². The zero-order valence-corrected chi connectivity index (χ0v) is 12.4. The van der Waals surface area contributed by atoms with Gasteiger partial charge in [-0.05, 0) is 19.1 Å². The van der Waals surface area contributed by atoms with Crippen LogP contribution >= 0.6 is 0 Å². The van der Waals surface area contributed by atoms with Gasteiger partial charge < -0.3 is 4.57 Å². The molecule has 2 heterocycles. The number of nitrogens with zero attached hydrogens (tertiary/aromatic N) is 5. The van der Waals surface area contributed by atoms with E-state index in [9.17, 15) is 13.2 Å². The molecule has 1 N–H and O–H groups in total. The van der Waals surface area contributed by atoms with Crippen molar-refractivity contribution < 1.29 is 13.2 Å². The normalized spacial score (nSPS) is 11.9. The van der Waals surface area contributed by atoms with E-state index in [1.165, 1.54) is 12.1 Å². The van der Waals surface area contributed by atoms with Gasteiger partial charge in [0.1, 0.15) is 17.5 Å². The number of halogens is 3. The summed E-state index contributed by atoms with van der Waals surface area (Å²) in [5.74, 6) is 2.41. The second-order valence-corrected chi connectivity index (χ2v) is 5.08. The van der Waals surface area contributed by atoms with Crippen LogP contribution in [0, 0.1) is 6.92 Å². The van der Waals surface area contributed by atoms with Crippen molar-refractivity contribution in [3.8, 4) is 11.4 Å². The van der Waals surface area contributed by atoms with Crippen molar-refractivity contribution in [2.24, 2.45) is 7.05 Å². The zero-order chi connectivity index (χ0) is 16.6. The summed E-state index contributed by atoms with van der Waals surface area (Å²) in [5, 5.41) is 14.8. The Hall–Kier alpha value is -2.71. The lowest BCUT2D eigenvalue weighted by Gasteiger charge is -2.06. The fourth-order valence-electron chi connectivity index (χ4n) is 2.07. The molecule has 0 spiro atoms. The molecular weight excluding hydrogens is 309 g/mol. The summed E-state index contributed by atoms with van der Waals surface area (Å²) in [6.45, 7) is 1.84. The Labute approximate surface area is 129 Å². The van der Waals surface area contributed by atoms with Gasteiger partial charge in [0.2, 0.25) is 0 Å². The molecule has 2 aromatic heterocycles. The molecule has 6 nitrogen and oxygen atoms in total. The van der Waals surface area contributed by atoms with Crippen molar-refractivity contribution in [1.29, 1.82) is 0 Å². The number of hydrogen-bond acceptors (Lipinski definition) is 4. The summed E-state index contributed by atoms with van der Waals surface area (Å²) in [5.41, 5.74) is -0.193. The smallest absolute Gasteiger partial charge is 0.318 e. The minimum atomic E-state index is -4.36. The fourth-order valence-corrected chi connectivity index (χ4v) is 2.07. The van der Waals surface area contributed by atoms with Gasteiger partial charge in [0, 0.05) is 12.6 Å². The standard InChI is InChI=1S/C14H13F3N6/c1-8-19-21-12(23(8)2)7-11-18-13(22-20-11)9-3-5-10(6-4-9)14(15,16)17/h3-6H,7H2,1-2H3,(H,18,20,22). The van der Waals surface area contributed by atoms with E-state index < -0.39 is 11.7 Å². The molecule has 0 aliphatic carbocycles. The highest BCUT2D eigenvalue weighted by atomic mass is 19.4. The summed E-state index contributed by atoms with van der Waals surface area (Å²) < 4.78 is 39.5. The van der Waals surface area contributed by atoms with E-state index in [1.807, 2.05) is 18.5 Å². The number of aromatic nitrogens is 6. The van der Waals surface area contributed by atoms with Crippen molar-refractivity contribution in [3.63, 3.8) is 0 Å². The number of aromatic amines is 1. The zero-order valence-electron chi connectivity index (χ0n) is 12.4. The maximum absolute atomic E-state index is 12.6. The molecule has 0 aliphatic heterocycles. The topological polar surface area (TPSA) is 72.3 Å². The van der Waals surface area contributed by atoms with Gasteiger partial charge >= 0.3 is 6.18 Å². The molecule has 23 heavy (non-hydrogen) atoms. The van der Waals surface area contributed by atoms with Gasteiger partial charge in [-0.25, -0.2) is 4.98 Å². The Morgan fingerprint density at radius 2 is 1.83 bits per heavy atom. The highest BCUT2D eigenvalue weighted by Gasteiger charge is 2.30. The molecule has 0 aliphatic rings. The van der Waals surface area contributed by atoms with Crippen LogP contribution in [0.1, 0.15) is 23.0 Å². The molecule has 0 amide bonds. The lowest BCUT2D eigenvalue weighted by Crippen LogP contribution is -2.04. The Balaban J connectivity index is 1.80. The largest absolute Gasteiger partial charge is 0.416 e. The number of alkyl halides is 3. The van der Waals surface area contributed by atoms with E-state index in [0.717, 1.165) is 23.8 Å². The molecule has 3 aromatic rings. The SMILES string of the molecule is Cc1nnc(Cc2nc(-c3ccc(C(F)(F)F)cc3)n[nH]2)n1C. The first-order valence-corrected chi connectivity index (χ1v) is 6.78. The summed E-state index contributed by atoms with van der Waals surface area (Å²) in [6.07, 6.45) is -3.95. The predicted octanol–water partition coefficient (Wildman–Crippen LogP) is 2.52. The molecule has 0 saturated carbocycles. The highest BCUT2D eigenvalue weighted by Crippen LogP contribution is 2.30. The van der Waals surface area contributed by atoms with E-state index in [0.29, 0.717) is 23.6 Å². The van der Waals surface area contributed by atoms with Gasteiger partial charge in [0.25, 0.3) is 0 Å².